The van der Waals surface area contributed by atoms with Gasteiger partial charge in [0.25, 0.3) is 0 Å². The highest BCUT2D eigenvalue weighted by molar-refractivity contribution is 14.1. The van der Waals surface area contributed by atoms with E-state index in [0.717, 1.165) is 25.3 Å². The molecule has 0 aliphatic carbocycles. The van der Waals surface area contributed by atoms with Crippen LogP contribution in [0.25, 0.3) is 0 Å². The maximum atomic E-state index is 11.1. The van der Waals surface area contributed by atoms with E-state index in [9.17, 15) is 4.79 Å². The Bertz CT molecular complexity index is 192. The summed E-state index contributed by atoms with van der Waals surface area (Å²) in [4.78, 5) is 12.9. The number of halogens is 1. The third-order valence-corrected chi connectivity index (χ3v) is 2.22. The molecule has 1 rings (SSSR count). The van der Waals surface area contributed by atoms with Gasteiger partial charge in [-0.15, -0.1) is 0 Å². The Balaban J connectivity index is 2.55. The second-order valence-corrected chi connectivity index (χ2v) is 2.77. The molecule has 0 aromatic rings. The Kier molecular flexibility index (Phi) is 3.10. The molecule has 0 atom stereocenters. The van der Waals surface area contributed by atoms with Crippen molar-refractivity contribution < 1.29 is 4.79 Å². The van der Waals surface area contributed by atoms with Gasteiger partial charge in [0.15, 0.2) is 0 Å². The summed E-state index contributed by atoms with van der Waals surface area (Å²) in [5.41, 5.74) is 0. The smallest absolute Gasteiger partial charge is 0.322 e. The highest BCUT2D eigenvalue weighted by Crippen LogP contribution is 2.02. The van der Waals surface area contributed by atoms with Gasteiger partial charge >= 0.3 is 6.03 Å². The summed E-state index contributed by atoms with van der Waals surface area (Å²) < 4.78 is 3.89. The lowest BCUT2D eigenvalue weighted by Crippen LogP contribution is -2.49. The van der Waals surface area contributed by atoms with Gasteiger partial charge in [0, 0.05) is 19.5 Å². The second kappa shape index (κ2) is 3.89. The number of amides is 2. The van der Waals surface area contributed by atoms with Gasteiger partial charge in [0.2, 0.25) is 0 Å². The molecule has 62 valence electrons. The summed E-state index contributed by atoms with van der Waals surface area (Å²) >= 11 is 1.89. The number of nitrogens with zero attached hydrogens (tertiary/aromatic N) is 2. The zero-order valence-electron chi connectivity index (χ0n) is 6.30. The van der Waals surface area contributed by atoms with Crippen molar-refractivity contribution in [3.05, 3.63) is 0 Å². The van der Waals surface area contributed by atoms with Gasteiger partial charge in [-0.25, -0.2) is 8.00 Å². The molecular formula is C6H10IN3O. The van der Waals surface area contributed by atoms with E-state index in [1.807, 2.05) is 29.8 Å². The summed E-state index contributed by atoms with van der Waals surface area (Å²) in [5.74, 6) is 0.778. The number of carbonyl (C=O) groups is 1. The van der Waals surface area contributed by atoms with Crippen molar-refractivity contribution in [3.63, 3.8) is 0 Å². The summed E-state index contributed by atoms with van der Waals surface area (Å²) in [5, 5.41) is 2.70. The van der Waals surface area contributed by atoms with Crippen LogP contribution in [0.2, 0.25) is 0 Å². The molecule has 5 heteroatoms. The molecule has 0 aromatic carbocycles. The zero-order chi connectivity index (χ0) is 8.27. The van der Waals surface area contributed by atoms with Gasteiger partial charge in [-0.3, -0.25) is 5.32 Å². The number of nitrogens with one attached hydrogen (secondary N) is 1. The van der Waals surface area contributed by atoms with Crippen molar-refractivity contribution in [2.45, 2.75) is 13.3 Å². The maximum Gasteiger partial charge on any atom is 0.322 e. The molecule has 0 aromatic heterocycles. The summed E-state index contributed by atoms with van der Waals surface area (Å²) in [6, 6.07) is -0.0332. The predicted octanol–water partition coefficient (Wildman–Crippen LogP) is 1.17. The van der Waals surface area contributed by atoms with Gasteiger partial charge in [0.1, 0.15) is 5.84 Å². The Hall–Kier alpha value is -0.330. The minimum Gasteiger partial charge on any atom is -0.324 e. The molecule has 0 bridgehead atoms. The third kappa shape index (κ3) is 2.05. The lowest BCUT2D eigenvalue weighted by molar-refractivity contribution is 0.202. The van der Waals surface area contributed by atoms with Crippen LogP contribution >= 0.6 is 22.9 Å². The lowest BCUT2D eigenvalue weighted by Gasteiger charge is -2.26. The first-order valence-electron chi connectivity index (χ1n) is 3.51. The molecular weight excluding hydrogens is 257 g/mol. The van der Waals surface area contributed by atoms with E-state index in [1.165, 1.54) is 0 Å². The fourth-order valence-electron chi connectivity index (χ4n) is 0.973. The molecule has 1 N–H and O–H groups in total. The van der Waals surface area contributed by atoms with Crippen LogP contribution in [0.5, 0.6) is 0 Å². The molecule has 1 aliphatic heterocycles. The SMILES string of the molecule is CCN1CC/C(=N\I)NC1=O. The number of urea groups is 1. The molecule has 1 saturated heterocycles. The molecule has 2 amide bonds. The largest absolute Gasteiger partial charge is 0.324 e. The van der Waals surface area contributed by atoms with Crippen LogP contribution in [0, 0.1) is 0 Å². The van der Waals surface area contributed by atoms with Crippen LogP contribution < -0.4 is 5.32 Å². The zero-order valence-corrected chi connectivity index (χ0v) is 8.46. The molecule has 1 heterocycles. The van der Waals surface area contributed by atoms with E-state index < -0.39 is 0 Å². The minimum atomic E-state index is -0.0332. The molecule has 0 unspecified atom stereocenters. The van der Waals surface area contributed by atoms with Gasteiger partial charge in [0.05, 0.1) is 22.9 Å². The normalized spacial score (nSPS) is 22.2. The highest BCUT2D eigenvalue weighted by atomic mass is 127. The fraction of sp³-hybridized carbons (Fsp3) is 0.667. The number of rotatable bonds is 1. The van der Waals surface area contributed by atoms with E-state index in [4.69, 9.17) is 0 Å². The Labute approximate surface area is 79.5 Å². The van der Waals surface area contributed by atoms with Crippen molar-refractivity contribution in [1.82, 2.24) is 10.2 Å². The van der Waals surface area contributed by atoms with Gasteiger partial charge < -0.3 is 4.90 Å². The standard InChI is InChI=1S/C6H10IN3O/c1-2-10-4-3-5(9-7)8-6(10)11/h2-4H2,1H3,(H,8,9,11). The maximum absolute atomic E-state index is 11.1. The van der Waals surface area contributed by atoms with E-state index in [1.54, 1.807) is 4.90 Å². The van der Waals surface area contributed by atoms with Crippen LogP contribution in [0.3, 0.4) is 0 Å². The topological polar surface area (TPSA) is 44.7 Å². The second-order valence-electron chi connectivity index (χ2n) is 2.29. The summed E-state index contributed by atoms with van der Waals surface area (Å²) in [6.45, 7) is 3.51. The van der Waals surface area contributed by atoms with Gasteiger partial charge in [-0.05, 0) is 6.92 Å². The fourth-order valence-corrected chi connectivity index (χ4v) is 1.33. The molecule has 0 saturated carbocycles. The number of carbonyl (C=O) groups excluding carboxylic acids is 1. The van der Waals surface area contributed by atoms with Crippen molar-refractivity contribution in [1.29, 1.82) is 0 Å². The molecule has 11 heavy (non-hydrogen) atoms. The number of hydrogen-bond donors (Lipinski definition) is 1. The summed E-state index contributed by atoms with van der Waals surface area (Å²) in [7, 11) is 0. The molecule has 1 fully saturated rings. The lowest BCUT2D eigenvalue weighted by atomic mass is 10.3. The first-order chi connectivity index (χ1) is 5.27. The quantitative estimate of drug-likeness (QED) is 0.712. The molecule has 0 spiro atoms. The first kappa shape index (κ1) is 8.76. The van der Waals surface area contributed by atoms with Crippen molar-refractivity contribution >= 4 is 34.7 Å². The molecule has 4 nitrogen and oxygen atoms in total. The van der Waals surface area contributed by atoms with E-state index in [-0.39, 0.29) is 6.03 Å². The third-order valence-electron chi connectivity index (χ3n) is 1.64. The van der Waals surface area contributed by atoms with E-state index in [2.05, 4.69) is 8.52 Å². The van der Waals surface area contributed by atoms with E-state index >= 15 is 0 Å². The van der Waals surface area contributed by atoms with Crippen LogP contribution in [0.4, 0.5) is 4.79 Å². The van der Waals surface area contributed by atoms with Crippen molar-refractivity contribution in [2.75, 3.05) is 13.1 Å². The van der Waals surface area contributed by atoms with Crippen LogP contribution in [0.15, 0.2) is 3.21 Å². The van der Waals surface area contributed by atoms with Gasteiger partial charge in [-0.1, -0.05) is 0 Å². The van der Waals surface area contributed by atoms with Crippen LogP contribution in [-0.4, -0.2) is 29.9 Å². The highest BCUT2D eigenvalue weighted by Gasteiger charge is 2.19. The first-order valence-corrected chi connectivity index (χ1v) is 4.48. The predicted molar refractivity (Wildman–Crippen MR) is 51.9 cm³/mol. The Morgan fingerprint density at radius 2 is 2.55 bits per heavy atom. The Morgan fingerprint density at radius 3 is 3.00 bits per heavy atom. The molecule has 1 aliphatic rings. The van der Waals surface area contributed by atoms with Crippen LogP contribution in [-0.2, 0) is 0 Å². The average molecular weight is 267 g/mol. The van der Waals surface area contributed by atoms with Gasteiger partial charge in [-0.2, -0.15) is 0 Å². The van der Waals surface area contributed by atoms with Crippen molar-refractivity contribution in [3.8, 4) is 0 Å². The monoisotopic (exact) mass is 267 g/mol. The average Bonchev–Trinajstić information content (AvgIpc) is 2.04. The van der Waals surface area contributed by atoms with E-state index in [0.29, 0.717) is 0 Å². The summed E-state index contributed by atoms with van der Waals surface area (Å²) in [6.07, 6.45) is 0.836. The Morgan fingerprint density at radius 1 is 1.82 bits per heavy atom. The minimum absolute atomic E-state index is 0.0332. The number of amidine groups is 1. The number of hydrogen-bond acceptors (Lipinski definition) is 2. The molecule has 0 radical (unpaired) electrons. The van der Waals surface area contributed by atoms with Crippen LogP contribution in [0.1, 0.15) is 13.3 Å². The van der Waals surface area contributed by atoms with Crippen molar-refractivity contribution in [2.24, 2.45) is 3.21 Å².